The predicted octanol–water partition coefficient (Wildman–Crippen LogP) is 3.27. The zero-order chi connectivity index (χ0) is 14.6. The number of rotatable bonds is 10. The molecule has 1 N–H and O–H groups in total. The molecule has 0 radical (unpaired) electrons. The first-order chi connectivity index (χ1) is 9.81. The second kappa shape index (κ2) is 10.1. The van der Waals surface area contributed by atoms with E-state index in [9.17, 15) is 0 Å². The van der Waals surface area contributed by atoms with Crippen molar-refractivity contribution in [3.63, 3.8) is 0 Å². The van der Waals surface area contributed by atoms with Crippen LogP contribution in [0.2, 0.25) is 0 Å². The van der Waals surface area contributed by atoms with Gasteiger partial charge in [-0.05, 0) is 44.0 Å². The Kier molecular flexibility index (Phi) is 8.25. The predicted molar refractivity (Wildman–Crippen MR) is 80.0 cm³/mol. The molecule has 0 amide bonds. The van der Waals surface area contributed by atoms with E-state index in [2.05, 4.69) is 24.4 Å². The molecular formula is C16H24N2O2. The molecule has 0 atom stereocenters. The zero-order valence-electron chi connectivity index (χ0n) is 12.4. The molecular weight excluding hydrogens is 252 g/mol. The van der Waals surface area contributed by atoms with Gasteiger partial charge >= 0.3 is 0 Å². The van der Waals surface area contributed by atoms with Gasteiger partial charge in [0.1, 0.15) is 0 Å². The first kappa shape index (κ1) is 16.3. The van der Waals surface area contributed by atoms with Crippen molar-refractivity contribution < 1.29 is 9.47 Å². The van der Waals surface area contributed by atoms with Gasteiger partial charge in [-0.25, -0.2) is 0 Å². The molecule has 4 nitrogen and oxygen atoms in total. The Morgan fingerprint density at radius 3 is 2.70 bits per heavy atom. The van der Waals surface area contributed by atoms with Crippen molar-refractivity contribution in [1.82, 2.24) is 5.32 Å². The first-order valence-electron chi connectivity index (χ1n) is 7.28. The Labute approximate surface area is 121 Å². The van der Waals surface area contributed by atoms with E-state index in [0.29, 0.717) is 19.6 Å². The summed E-state index contributed by atoms with van der Waals surface area (Å²) in [4.78, 5) is 0. The Hall–Kier alpha value is -1.73. The first-order valence-corrected chi connectivity index (χ1v) is 7.28. The average Bonchev–Trinajstić information content (AvgIpc) is 2.47. The normalized spacial score (nSPS) is 10.1. The smallest absolute Gasteiger partial charge is 0.161 e. The number of nitrogens with zero attached hydrogens (tertiary/aromatic N) is 1. The van der Waals surface area contributed by atoms with Gasteiger partial charge in [-0.15, -0.1) is 0 Å². The highest BCUT2D eigenvalue weighted by atomic mass is 16.5. The number of nitrogens with one attached hydrogen (secondary N) is 1. The molecule has 0 aliphatic heterocycles. The van der Waals surface area contributed by atoms with Gasteiger partial charge in [0.25, 0.3) is 0 Å². The molecule has 0 aliphatic carbocycles. The molecule has 0 aromatic heterocycles. The minimum Gasteiger partial charge on any atom is -0.490 e. The second-order valence-electron chi connectivity index (χ2n) is 4.46. The maximum atomic E-state index is 8.48. The van der Waals surface area contributed by atoms with Crippen molar-refractivity contribution in [3.05, 3.63) is 23.8 Å². The fourth-order valence-corrected chi connectivity index (χ4v) is 1.81. The van der Waals surface area contributed by atoms with Gasteiger partial charge in [0, 0.05) is 13.0 Å². The molecule has 0 bridgehead atoms. The maximum absolute atomic E-state index is 8.48. The Morgan fingerprint density at radius 2 is 2.00 bits per heavy atom. The summed E-state index contributed by atoms with van der Waals surface area (Å²) < 4.78 is 11.4. The molecule has 4 heteroatoms. The fourth-order valence-electron chi connectivity index (χ4n) is 1.81. The molecule has 20 heavy (non-hydrogen) atoms. The molecule has 0 aliphatic rings. The fraction of sp³-hybridized carbons (Fsp3) is 0.562. The van der Waals surface area contributed by atoms with Crippen molar-refractivity contribution in [1.29, 1.82) is 5.26 Å². The van der Waals surface area contributed by atoms with Crippen LogP contribution < -0.4 is 14.8 Å². The van der Waals surface area contributed by atoms with Crippen molar-refractivity contribution in [3.8, 4) is 17.6 Å². The largest absolute Gasteiger partial charge is 0.490 e. The van der Waals surface area contributed by atoms with Gasteiger partial charge in [-0.1, -0.05) is 13.0 Å². The van der Waals surface area contributed by atoms with E-state index < -0.39 is 0 Å². The lowest BCUT2D eigenvalue weighted by Crippen LogP contribution is -2.12. The molecule has 0 unspecified atom stereocenters. The van der Waals surface area contributed by atoms with Crippen LogP contribution in [0, 0.1) is 11.3 Å². The Morgan fingerprint density at radius 1 is 1.15 bits per heavy atom. The van der Waals surface area contributed by atoms with E-state index in [0.717, 1.165) is 37.4 Å². The molecule has 1 aromatic carbocycles. The Balaban J connectivity index is 2.57. The van der Waals surface area contributed by atoms with E-state index in [4.69, 9.17) is 14.7 Å². The van der Waals surface area contributed by atoms with Crippen LogP contribution >= 0.6 is 0 Å². The van der Waals surface area contributed by atoms with Crippen molar-refractivity contribution in [2.24, 2.45) is 0 Å². The minimum atomic E-state index is 0.587. The van der Waals surface area contributed by atoms with Crippen LogP contribution in [0.4, 0.5) is 0 Å². The third-order valence-electron chi connectivity index (χ3n) is 2.83. The van der Waals surface area contributed by atoms with Crippen LogP contribution in [0.5, 0.6) is 11.5 Å². The monoisotopic (exact) mass is 276 g/mol. The van der Waals surface area contributed by atoms with Crippen molar-refractivity contribution in [2.45, 2.75) is 39.7 Å². The molecule has 1 rings (SSSR count). The van der Waals surface area contributed by atoms with Gasteiger partial charge in [0.05, 0.1) is 19.3 Å². The summed E-state index contributed by atoms with van der Waals surface area (Å²) >= 11 is 0. The number of ether oxygens (including phenoxy) is 2. The van der Waals surface area contributed by atoms with Crippen molar-refractivity contribution in [2.75, 3.05) is 19.8 Å². The zero-order valence-corrected chi connectivity index (χ0v) is 12.4. The molecule has 0 saturated heterocycles. The minimum absolute atomic E-state index is 0.587. The van der Waals surface area contributed by atoms with Gasteiger partial charge in [-0.3, -0.25) is 0 Å². The van der Waals surface area contributed by atoms with Crippen LogP contribution in [0.15, 0.2) is 18.2 Å². The van der Waals surface area contributed by atoms with Gasteiger partial charge in [0.2, 0.25) is 0 Å². The highest BCUT2D eigenvalue weighted by Gasteiger charge is 2.06. The topological polar surface area (TPSA) is 54.3 Å². The lowest BCUT2D eigenvalue weighted by molar-refractivity contribution is 0.271. The lowest BCUT2D eigenvalue weighted by Gasteiger charge is -2.13. The van der Waals surface area contributed by atoms with Crippen LogP contribution in [0.25, 0.3) is 0 Å². The molecule has 0 fully saturated rings. The third-order valence-corrected chi connectivity index (χ3v) is 2.83. The van der Waals surface area contributed by atoms with Gasteiger partial charge < -0.3 is 14.8 Å². The number of unbranched alkanes of at least 4 members (excludes halogenated alkanes) is 2. The number of hydrogen-bond donors (Lipinski definition) is 1. The summed E-state index contributed by atoms with van der Waals surface area (Å²) in [6, 6.07) is 8.17. The van der Waals surface area contributed by atoms with E-state index in [1.807, 2.05) is 19.1 Å². The highest BCUT2D eigenvalue weighted by molar-refractivity contribution is 5.43. The van der Waals surface area contributed by atoms with E-state index >= 15 is 0 Å². The summed E-state index contributed by atoms with van der Waals surface area (Å²) in [5, 5.41) is 11.8. The quantitative estimate of drug-likeness (QED) is 0.666. The standard InChI is InChI=1S/C16H24N2O2/c1-3-18-13-14-8-9-15(16(12-14)19-4-2)20-11-7-5-6-10-17/h8-9,12,18H,3-7,11,13H2,1-2H3. The Bertz CT molecular complexity index is 427. The van der Waals surface area contributed by atoms with E-state index in [-0.39, 0.29) is 0 Å². The summed E-state index contributed by atoms with van der Waals surface area (Å²) in [6.45, 7) is 7.07. The van der Waals surface area contributed by atoms with E-state index in [1.54, 1.807) is 0 Å². The second-order valence-corrected chi connectivity index (χ2v) is 4.46. The van der Waals surface area contributed by atoms with Gasteiger partial charge in [-0.2, -0.15) is 5.26 Å². The summed E-state index contributed by atoms with van der Waals surface area (Å²) in [7, 11) is 0. The van der Waals surface area contributed by atoms with Crippen LogP contribution in [0.3, 0.4) is 0 Å². The summed E-state index contributed by atoms with van der Waals surface area (Å²) in [5.41, 5.74) is 1.19. The molecule has 1 aromatic rings. The van der Waals surface area contributed by atoms with E-state index in [1.165, 1.54) is 5.56 Å². The third kappa shape index (κ3) is 5.94. The number of nitriles is 1. The number of benzene rings is 1. The van der Waals surface area contributed by atoms with Gasteiger partial charge in [0.15, 0.2) is 11.5 Å². The number of hydrogen-bond acceptors (Lipinski definition) is 4. The summed E-state index contributed by atoms with van der Waals surface area (Å²) in [5.74, 6) is 1.58. The molecule has 0 spiro atoms. The average molecular weight is 276 g/mol. The maximum Gasteiger partial charge on any atom is 0.161 e. The van der Waals surface area contributed by atoms with Crippen LogP contribution in [0.1, 0.15) is 38.7 Å². The highest BCUT2D eigenvalue weighted by Crippen LogP contribution is 2.28. The summed E-state index contributed by atoms with van der Waals surface area (Å²) in [6.07, 6.45) is 2.35. The lowest BCUT2D eigenvalue weighted by atomic mass is 10.2. The molecule has 110 valence electrons. The van der Waals surface area contributed by atoms with Crippen molar-refractivity contribution >= 4 is 0 Å². The molecule has 0 saturated carbocycles. The SMILES string of the molecule is CCNCc1ccc(OCCCCC#N)c(OCC)c1. The van der Waals surface area contributed by atoms with Crippen LogP contribution in [-0.2, 0) is 6.54 Å². The molecule has 0 heterocycles. The van der Waals surface area contributed by atoms with Crippen LogP contribution in [-0.4, -0.2) is 19.8 Å².